The minimum atomic E-state index is -0.189. The molecule has 4 rings (SSSR count). The van der Waals surface area contributed by atoms with Crippen molar-refractivity contribution in [2.75, 3.05) is 11.4 Å². The van der Waals surface area contributed by atoms with Crippen molar-refractivity contribution in [3.05, 3.63) is 89.5 Å². The summed E-state index contributed by atoms with van der Waals surface area (Å²) in [7, 11) is 0. The van der Waals surface area contributed by atoms with Crippen LogP contribution in [0.5, 0.6) is 0 Å². The van der Waals surface area contributed by atoms with Gasteiger partial charge in [0.05, 0.1) is 6.04 Å². The largest absolute Gasteiger partial charge is 0.347 e. The van der Waals surface area contributed by atoms with E-state index in [9.17, 15) is 9.59 Å². The van der Waals surface area contributed by atoms with E-state index in [1.165, 1.54) is 5.56 Å². The first-order valence-electron chi connectivity index (χ1n) is 9.85. The van der Waals surface area contributed by atoms with Crippen molar-refractivity contribution in [2.24, 2.45) is 0 Å². The molecule has 1 atom stereocenters. The van der Waals surface area contributed by atoms with Crippen LogP contribution < -0.4 is 10.2 Å². The van der Waals surface area contributed by atoms with Crippen LogP contribution in [0.25, 0.3) is 11.1 Å². The van der Waals surface area contributed by atoms with Gasteiger partial charge in [0.15, 0.2) is 0 Å². The number of hydrogen-bond acceptors (Lipinski definition) is 2. The first kappa shape index (κ1) is 18.9. The molecule has 1 aliphatic rings. The van der Waals surface area contributed by atoms with Crippen molar-refractivity contribution in [3.63, 3.8) is 0 Å². The Labute approximate surface area is 171 Å². The zero-order chi connectivity index (χ0) is 20.4. The number of rotatable bonds is 4. The Morgan fingerprint density at radius 2 is 1.59 bits per heavy atom. The minimum absolute atomic E-state index is 0.0398. The maximum Gasteiger partial charge on any atom is 0.251 e. The third kappa shape index (κ3) is 4.06. The van der Waals surface area contributed by atoms with Crippen LogP contribution in [0.4, 0.5) is 5.69 Å². The zero-order valence-corrected chi connectivity index (χ0v) is 16.7. The lowest BCUT2D eigenvalue weighted by Gasteiger charge is -2.18. The maximum absolute atomic E-state index is 12.7. The van der Waals surface area contributed by atoms with Crippen molar-refractivity contribution in [1.29, 1.82) is 0 Å². The number of benzene rings is 3. The number of carbonyl (C=O) groups is 2. The molecular formula is C25H24N2O2. The van der Waals surface area contributed by atoms with E-state index >= 15 is 0 Å². The number of anilines is 1. The summed E-state index contributed by atoms with van der Waals surface area (Å²) in [6, 6.07) is 23.4. The van der Waals surface area contributed by atoms with Gasteiger partial charge in [-0.2, -0.15) is 0 Å². The summed E-state index contributed by atoms with van der Waals surface area (Å²) in [4.78, 5) is 26.9. The molecule has 29 heavy (non-hydrogen) atoms. The van der Waals surface area contributed by atoms with Crippen LogP contribution in [0.1, 0.15) is 27.9 Å². The van der Waals surface area contributed by atoms with Gasteiger partial charge in [0.1, 0.15) is 0 Å². The van der Waals surface area contributed by atoms with E-state index < -0.39 is 0 Å². The second-order valence-corrected chi connectivity index (χ2v) is 7.59. The fourth-order valence-corrected chi connectivity index (χ4v) is 3.66. The third-order valence-electron chi connectivity index (χ3n) is 5.52. The summed E-state index contributed by atoms with van der Waals surface area (Å²) < 4.78 is 0. The average molecular weight is 384 g/mol. The van der Waals surface area contributed by atoms with Crippen molar-refractivity contribution < 1.29 is 9.59 Å². The minimum Gasteiger partial charge on any atom is -0.347 e. The summed E-state index contributed by atoms with van der Waals surface area (Å²) >= 11 is 0. The number of nitrogens with one attached hydrogen (secondary N) is 1. The van der Waals surface area contributed by atoms with Gasteiger partial charge in [0.25, 0.3) is 5.91 Å². The average Bonchev–Trinajstić information content (AvgIpc) is 3.10. The molecule has 0 saturated carbocycles. The van der Waals surface area contributed by atoms with Crippen molar-refractivity contribution in [2.45, 2.75) is 26.3 Å². The molecule has 3 aromatic carbocycles. The highest BCUT2D eigenvalue weighted by Crippen LogP contribution is 2.24. The van der Waals surface area contributed by atoms with Gasteiger partial charge in [0.2, 0.25) is 5.91 Å². The second-order valence-electron chi connectivity index (χ2n) is 7.59. The number of amides is 2. The molecule has 1 N–H and O–H groups in total. The second kappa shape index (κ2) is 7.92. The molecule has 146 valence electrons. The number of hydrogen-bond donors (Lipinski definition) is 1. The third-order valence-corrected chi connectivity index (χ3v) is 5.52. The molecule has 4 nitrogen and oxygen atoms in total. The van der Waals surface area contributed by atoms with Gasteiger partial charge in [0, 0.05) is 24.2 Å². The van der Waals surface area contributed by atoms with Gasteiger partial charge in [-0.1, -0.05) is 48.5 Å². The molecule has 3 aromatic rings. The maximum atomic E-state index is 12.7. The van der Waals surface area contributed by atoms with Gasteiger partial charge in [-0.3, -0.25) is 9.59 Å². The van der Waals surface area contributed by atoms with E-state index in [1.54, 1.807) is 4.90 Å². The van der Waals surface area contributed by atoms with Gasteiger partial charge >= 0.3 is 0 Å². The highest BCUT2D eigenvalue weighted by molar-refractivity contribution is 5.99. The number of aryl methyl sites for hydroxylation is 2. The fourth-order valence-electron chi connectivity index (χ4n) is 3.66. The summed E-state index contributed by atoms with van der Waals surface area (Å²) in [5.74, 6) is -0.109. The van der Waals surface area contributed by atoms with E-state index in [0.29, 0.717) is 18.5 Å². The monoisotopic (exact) mass is 384 g/mol. The summed E-state index contributed by atoms with van der Waals surface area (Å²) in [5.41, 5.74) is 6.03. The van der Waals surface area contributed by atoms with Gasteiger partial charge in [-0.05, 0) is 60.4 Å². The smallest absolute Gasteiger partial charge is 0.251 e. The molecule has 0 spiro atoms. The van der Waals surface area contributed by atoms with Crippen molar-refractivity contribution in [1.82, 2.24) is 5.32 Å². The first-order valence-corrected chi connectivity index (χ1v) is 9.85. The molecule has 0 aliphatic carbocycles. The molecule has 0 bridgehead atoms. The summed E-state index contributed by atoms with van der Waals surface area (Å²) in [6.45, 7) is 4.59. The summed E-state index contributed by atoms with van der Waals surface area (Å²) in [6.07, 6.45) is 0.320. The molecule has 1 heterocycles. The molecule has 0 radical (unpaired) electrons. The standard InChI is InChI=1S/C25H24N2O2/c1-17-8-13-23(14-18(17)2)27-16-22(15-24(27)28)26-25(29)21-11-9-20(10-12-21)19-6-4-3-5-7-19/h3-14,22H,15-16H2,1-2H3,(H,26,29)/t22-/m0/s1. The Kier molecular flexibility index (Phi) is 5.17. The lowest BCUT2D eigenvalue weighted by Crippen LogP contribution is -2.37. The Morgan fingerprint density at radius 3 is 2.28 bits per heavy atom. The van der Waals surface area contributed by atoms with Crippen molar-refractivity contribution in [3.8, 4) is 11.1 Å². The Bertz CT molecular complexity index is 1040. The molecular weight excluding hydrogens is 360 g/mol. The summed E-state index contributed by atoms with van der Waals surface area (Å²) in [5, 5.41) is 3.01. The first-order chi connectivity index (χ1) is 14.0. The van der Waals surface area contributed by atoms with Crippen LogP contribution in [0.2, 0.25) is 0 Å². The lowest BCUT2D eigenvalue weighted by atomic mass is 10.0. The molecule has 4 heteroatoms. The van der Waals surface area contributed by atoms with E-state index in [0.717, 1.165) is 22.4 Å². The van der Waals surface area contributed by atoms with Crippen LogP contribution in [-0.2, 0) is 4.79 Å². The molecule has 2 amide bonds. The molecule has 1 saturated heterocycles. The lowest BCUT2D eigenvalue weighted by molar-refractivity contribution is -0.117. The quantitative estimate of drug-likeness (QED) is 0.720. The molecule has 1 aliphatic heterocycles. The Morgan fingerprint density at radius 1 is 0.897 bits per heavy atom. The number of carbonyl (C=O) groups excluding carboxylic acids is 2. The Hall–Kier alpha value is -3.40. The van der Waals surface area contributed by atoms with Crippen LogP contribution >= 0.6 is 0 Å². The zero-order valence-electron chi connectivity index (χ0n) is 16.7. The number of nitrogens with zero attached hydrogens (tertiary/aromatic N) is 1. The van der Waals surface area contributed by atoms with E-state index in [-0.39, 0.29) is 17.9 Å². The normalized spacial score (nSPS) is 16.1. The molecule has 1 fully saturated rings. The van der Waals surface area contributed by atoms with Crippen LogP contribution in [0, 0.1) is 13.8 Å². The molecule has 0 aromatic heterocycles. The van der Waals surface area contributed by atoms with Gasteiger partial charge < -0.3 is 10.2 Å². The SMILES string of the molecule is Cc1ccc(N2C[C@@H](NC(=O)c3ccc(-c4ccccc4)cc3)CC2=O)cc1C. The highest BCUT2D eigenvalue weighted by atomic mass is 16.2. The van der Waals surface area contributed by atoms with Gasteiger partial charge in [-0.15, -0.1) is 0 Å². The predicted molar refractivity (Wildman–Crippen MR) is 116 cm³/mol. The predicted octanol–water partition coefficient (Wildman–Crippen LogP) is 4.51. The Balaban J connectivity index is 1.42. The van der Waals surface area contributed by atoms with E-state index in [4.69, 9.17) is 0 Å². The van der Waals surface area contributed by atoms with E-state index in [1.807, 2.05) is 79.7 Å². The fraction of sp³-hybridized carbons (Fsp3) is 0.200. The van der Waals surface area contributed by atoms with Crippen LogP contribution in [0.15, 0.2) is 72.8 Å². The van der Waals surface area contributed by atoms with Crippen molar-refractivity contribution >= 4 is 17.5 Å². The van der Waals surface area contributed by atoms with Crippen LogP contribution in [0.3, 0.4) is 0 Å². The highest BCUT2D eigenvalue weighted by Gasteiger charge is 2.31. The topological polar surface area (TPSA) is 49.4 Å². The molecule has 0 unspecified atom stereocenters. The van der Waals surface area contributed by atoms with Crippen LogP contribution in [-0.4, -0.2) is 24.4 Å². The van der Waals surface area contributed by atoms with Gasteiger partial charge in [-0.25, -0.2) is 0 Å². The van der Waals surface area contributed by atoms with E-state index in [2.05, 4.69) is 12.2 Å².